The number of hydrogen-bond donors (Lipinski definition) is 1. The molecule has 1 amide bonds. The molecule has 0 spiro atoms. The highest BCUT2D eigenvalue weighted by Crippen LogP contribution is 2.53. The Kier molecular flexibility index (Phi) is 5.11. The highest BCUT2D eigenvalue weighted by molar-refractivity contribution is 5.90. The lowest BCUT2D eigenvalue weighted by molar-refractivity contribution is -0.179. The fraction of sp³-hybridized carbons (Fsp3) is 0.520. The van der Waals surface area contributed by atoms with Gasteiger partial charge in [-0.2, -0.15) is 0 Å². The first-order valence-corrected chi connectivity index (χ1v) is 11.2. The number of carbonyl (C=O) groups is 1. The van der Waals surface area contributed by atoms with Crippen molar-refractivity contribution in [2.24, 2.45) is 17.6 Å². The summed E-state index contributed by atoms with van der Waals surface area (Å²) in [5.41, 5.74) is 8.03. The minimum absolute atomic E-state index is 0.326. The number of piperidine rings is 1. The van der Waals surface area contributed by atoms with Gasteiger partial charge in [-0.1, -0.05) is 36.8 Å². The molecule has 2 aliphatic carbocycles. The number of likely N-dealkylation sites (tertiary alicyclic amines) is 1. The largest absolute Gasteiger partial charge is 0.373 e. The molecule has 3 fully saturated rings. The number of pyridine rings is 1. The maximum Gasteiger partial charge on any atom is 0.267 e. The first kappa shape index (κ1) is 19.7. The lowest BCUT2D eigenvalue weighted by Gasteiger charge is -2.58. The van der Waals surface area contributed by atoms with Gasteiger partial charge in [0.2, 0.25) is 0 Å². The Morgan fingerprint density at radius 2 is 1.83 bits per heavy atom. The average molecular weight is 406 g/mol. The van der Waals surface area contributed by atoms with Gasteiger partial charge in [0, 0.05) is 44.3 Å². The van der Waals surface area contributed by atoms with Crippen LogP contribution in [0, 0.1) is 11.8 Å². The van der Waals surface area contributed by atoms with Crippen LogP contribution in [0.2, 0.25) is 0 Å². The first-order chi connectivity index (χ1) is 14.6. The van der Waals surface area contributed by atoms with Crippen molar-refractivity contribution < 1.29 is 9.53 Å². The monoisotopic (exact) mass is 405 g/mol. The van der Waals surface area contributed by atoms with Crippen molar-refractivity contribution in [3.63, 3.8) is 0 Å². The van der Waals surface area contributed by atoms with Gasteiger partial charge in [0.25, 0.3) is 5.91 Å². The highest BCUT2D eigenvalue weighted by Gasteiger charge is 2.55. The molecule has 1 aromatic carbocycles. The maximum absolute atomic E-state index is 11.7. The zero-order chi connectivity index (χ0) is 20.7. The number of fused-ring (bicyclic) bond motifs is 2. The van der Waals surface area contributed by atoms with E-state index >= 15 is 0 Å². The third-order valence-electron chi connectivity index (χ3n) is 7.96. The number of ether oxygens (including phenoxy) is 1. The fourth-order valence-electron chi connectivity index (χ4n) is 6.48. The molecule has 2 unspecified atom stereocenters. The van der Waals surface area contributed by atoms with E-state index in [0.29, 0.717) is 29.5 Å². The van der Waals surface area contributed by atoms with E-state index in [1.807, 2.05) is 19.2 Å². The Labute approximate surface area is 178 Å². The van der Waals surface area contributed by atoms with E-state index in [0.717, 1.165) is 31.5 Å². The number of benzene rings is 1. The smallest absolute Gasteiger partial charge is 0.267 e. The first-order valence-electron chi connectivity index (χ1n) is 11.2. The molecule has 1 saturated heterocycles. The average Bonchev–Trinajstić information content (AvgIpc) is 2.73. The summed E-state index contributed by atoms with van der Waals surface area (Å²) < 4.78 is 6.35. The van der Waals surface area contributed by atoms with E-state index in [9.17, 15) is 4.79 Å². The minimum Gasteiger partial charge on any atom is -0.373 e. The molecule has 1 aromatic heterocycles. The number of aromatic nitrogens is 1. The molecule has 30 heavy (non-hydrogen) atoms. The molecular weight excluding hydrogens is 374 g/mol. The Balaban J connectivity index is 1.44. The second-order valence-electron chi connectivity index (χ2n) is 9.23. The molecule has 0 radical (unpaired) electrons. The molecule has 2 N–H and O–H groups in total. The van der Waals surface area contributed by atoms with Gasteiger partial charge in [-0.15, -0.1) is 0 Å². The van der Waals surface area contributed by atoms with Gasteiger partial charge in [0.05, 0.1) is 0 Å². The molecule has 2 bridgehead atoms. The molecule has 2 aromatic rings. The van der Waals surface area contributed by atoms with Crippen molar-refractivity contribution in [1.29, 1.82) is 0 Å². The second-order valence-corrected chi connectivity index (χ2v) is 9.23. The lowest BCUT2D eigenvalue weighted by Crippen LogP contribution is -2.62. The molecule has 2 heterocycles. The van der Waals surface area contributed by atoms with E-state index in [1.165, 1.54) is 24.8 Å². The van der Waals surface area contributed by atoms with Crippen LogP contribution >= 0.6 is 0 Å². The van der Waals surface area contributed by atoms with Crippen LogP contribution in [0.25, 0.3) is 0 Å². The van der Waals surface area contributed by atoms with Crippen LogP contribution in [-0.4, -0.2) is 42.0 Å². The van der Waals surface area contributed by atoms with Crippen LogP contribution in [0.4, 0.5) is 0 Å². The number of amides is 1. The molecule has 158 valence electrons. The summed E-state index contributed by atoms with van der Waals surface area (Å²) in [6.45, 7) is 2.10. The van der Waals surface area contributed by atoms with Crippen molar-refractivity contribution >= 4 is 5.91 Å². The quantitative estimate of drug-likeness (QED) is 0.824. The van der Waals surface area contributed by atoms with Gasteiger partial charge < -0.3 is 10.5 Å². The third-order valence-corrected chi connectivity index (χ3v) is 7.96. The molecule has 1 aliphatic heterocycles. The van der Waals surface area contributed by atoms with Crippen LogP contribution in [0.3, 0.4) is 0 Å². The Hall–Kier alpha value is -2.24. The molecule has 3 aliphatic rings. The fourth-order valence-corrected chi connectivity index (χ4v) is 6.48. The Morgan fingerprint density at radius 1 is 1.10 bits per heavy atom. The van der Waals surface area contributed by atoms with E-state index in [2.05, 4.69) is 40.2 Å². The zero-order valence-corrected chi connectivity index (χ0v) is 17.7. The molecule has 5 rings (SSSR count). The van der Waals surface area contributed by atoms with Crippen molar-refractivity contribution in [2.45, 2.75) is 49.7 Å². The molecule has 5 heteroatoms. The molecule has 2 saturated carbocycles. The number of hydrogen-bond acceptors (Lipinski definition) is 4. The van der Waals surface area contributed by atoms with Crippen LogP contribution in [0.5, 0.6) is 0 Å². The predicted molar refractivity (Wildman–Crippen MR) is 116 cm³/mol. The van der Waals surface area contributed by atoms with Gasteiger partial charge >= 0.3 is 0 Å². The number of methoxy groups -OCH3 is 1. The number of carbonyl (C=O) groups excluding carboxylic acids is 1. The third kappa shape index (κ3) is 3.07. The zero-order valence-electron chi connectivity index (χ0n) is 17.7. The summed E-state index contributed by atoms with van der Waals surface area (Å²) >= 11 is 0. The van der Waals surface area contributed by atoms with Gasteiger partial charge in [-0.05, 0) is 54.9 Å². The van der Waals surface area contributed by atoms with Crippen LogP contribution in [0.15, 0.2) is 48.7 Å². The number of nitrogens with two attached hydrogens (primary N) is 1. The van der Waals surface area contributed by atoms with Crippen molar-refractivity contribution in [3.05, 3.63) is 65.5 Å². The van der Waals surface area contributed by atoms with Gasteiger partial charge in [0.1, 0.15) is 11.3 Å². The Bertz CT molecular complexity index is 902. The van der Waals surface area contributed by atoms with Crippen LogP contribution in [-0.2, 0) is 10.3 Å². The predicted octanol–water partition coefficient (Wildman–Crippen LogP) is 3.70. The number of primary amides is 1. The normalized spacial score (nSPS) is 33.6. The van der Waals surface area contributed by atoms with E-state index in [1.54, 1.807) is 6.20 Å². The van der Waals surface area contributed by atoms with Crippen molar-refractivity contribution in [2.75, 3.05) is 20.2 Å². The van der Waals surface area contributed by atoms with E-state index in [-0.39, 0.29) is 5.60 Å². The summed E-state index contributed by atoms with van der Waals surface area (Å²) in [5.74, 6) is 0.987. The number of nitrogens with zero attached hydrogens (tertiary/aromatic N) is 2. The topological polar surface area (TPSA) is 68.5 Å². The van der Waals surface area contributed by atoms with Gasteiger partial charge in [-0.3, -0.25) is 14.7 Å². The lowest BCUT2D eigenvalue weighted by atomic mass is 9.61. The van der Waals surface area contributed by atoms with E-state index < -0.39 is 5.91 Å². The summed E-state index contributed by atoms with van der Waals surface area (Å²) in [6, 6.07) is 15.5. The van der Waals surface area contributed by atoms with Crippen molar-refractivity contribution in [3.8, 4) is 0 Å². The standard InChI is InChI=1S/C25H31N3O2/c1-30-25(18-12-13-27-22(14-18)24(26)29)19-8-5-9-20(25)16-28(15-19)23-11-10-21(23)17-6-3-2-4-7-17/h2-4,6-7,12-14,19-21,23H,5,8-11,15-16H2,1H3,(H2,26,29)/t19?,20?,21-,23-,25?/m0/s1. The number of rotatable bonds is 5. The molecule has 5 nitrogen and oxygen atoms in total. The Morgan fingerprint density at radius 3 is 2.43 bits per heavy atom. The van der Waals surface area contributed by atoms with Crippen molar-refractivity contribution in [1.82, 2.24) is 9.88 Å². The SMILES string of the molecule is COC1(c2ccnc(C(N)=O)c2)C2CCCC1CN([C@H]1CC[C@H]1c1ccccc1)C2. The molecule has 4 atom stereocenters. The molecular formula is C25H31N3O2. The highest BCUT2D eigenvalue weighted by atomic mass is 16.5. The van der Waals surface area contributed by atoms with E-state index in [4.69, 9.17) is 10.5 Å². The van der Waals surface area contributed by atoms with Crippen LogP contribution < -0.4 is 5.73 Å². The minimum atomic E-state index is -0.481. The summed E-state index contributed by atoms with van der Waals surface area (Å²) in [5, 5.41) is 0. The summed E-state index contributed by atoms with van der Waals surface area (Å²) in [7, 11) is 1.83. The van der Waals surface area contributed by atoms with Gasteiger partial charge in [-0.25, -0.2) is 0 Å². The second kappa shape index (κ2) is 7.78. The summed E-state index contributed by atoms with van der Waals surface area (Å²) in [6.07, 6.45) is 7.81. The maximum atomic E-state index is 11.7. The van der Waals surface area contributed by atoms with Crippen LogP contribution in [0.1, 0.15) is 59.6 Å². The summed E-state index contributed by atoms with van der Waals surface area (Å²) in [4.78, 5) is 18.6. The van der Waals surface area contributed by atoms with Gasteiger partial charge in [0.15, 0.2) is 0 Å².